The molecule has 7 heteroatoms. The Morgan fingerprint density at radius 3 is 2.89 bits per heavy atom. The maximum absolute atomic E-state index is 11.9. The van der Waals surface area contributed by atoms with Crippen LogP contribution in [0.1, 0.15) is 19.3 Å². The summed E-state index contributed by atoms with van der Waals surface area (Å²) in [5.74, 6) is 0.745. The molecule has 2 amide bonds. The van der Waals surface area contributed by atoms with E-state index in [0.717, 1.165) is 30.8 Å². The summed E-state index contributed by atoms with van der Waals surface area (Å²) in [7, 11) is 0. The van der Waals surface area contributed by atoms with E-state index in [1.54, 1.807) is 0 Å². The van der Waals surface area contributed by atoms with Gasteiger partial charge in [-0.3, -0.25) is 14.9 Å². The van der Waals surface area contributed by atoms with Crippen LogP contribution < -0.4 is 5.32 Å². The largest absolute Gasteiger partial charge is 0.294 e. The van der Waals surface area contributed by atoms with Gasteiger partial charge in [-0.15, -0.1) is 23.5 Å². The molecule has 0 radical (unpaired) electrons. The number of rotatable bonds is 6. The molecule has 0 spiro atoms. The van der Waals surface area contributed by atoms with Crippen molar-refractivity contribution in [3.05, 3.63) is 0 Å². The molecule has 0 unspecified atom stereocenters. The molecule has 4 nitrogen and oxygen atoms in total. The first kappa shape index (κ1) is 14.1. The van der Waals surface area contributed by atoms with Gasteiger partial charge < -0.3 is 0 Å². The average Bonchev–Trinajstić information content (AvgIpc) is 2.48. The Kier molecular flexibility index (Phi) is 4.51. The average molecular weight is 302 g/mol. The molecule has 2 fully saturated rings. The molecule has 0 aromatic rings. The molecule has 2 rings (SSSR count). The molecule has 2 saturated heterocycles. The molecule has 1 N–H and O–H groups in total. The van der Waals surface area contributed by atoms with Gasteiger partial charge in [-0.25, -0.2) is 0 Å². The summed E-state index contributed by atoms with van der Waals surface area (Å²) in [4.78, 5) is 23.5. The Labute approximate surface area is 120 Å². The highest BCUT2D eigenvalue weighted by Gasteiger charge is 2.68. The lowest BCUT2D eigenvalue weighted by atomic mass is 10.0. The van der Waals surface area contributed by atoms with Crippen LogP contribution in [-0.4, -0.2) is 32.6 Å². The first-order chi connectivity index (χ1) is 8.65. The number of thioether (sulfide) groups is 2. The number of thiol groups is 1. The molecule has 2 aliphatic heterocycles. The number of hydrogen-bond acceptors (Lipinski definition) is 6. The third kappa shape index (κ3) is 2.26. The number of unbranched alkanes of at least 4 members (excludes halogenated alkanes) is 2. The zero-order chi connectivity index (χ0) is 13.2. The summed E-state index contributed by atoms with van der Waals surface area (Å²) >= 11 is 6.98. The van der Waals surface area contributed by atoms with E-state index in [4.69, 9.17) is 5.26 Å². The minimum Gasteiger partial charge on any atom is -0.294 e. The summed E-state index contributed by atoms with van der Waals surface area (Å²) in [5, 5.41) is 10.9. The van der Waals surface area contributed by atoms with Crippen LogP contribution in [0.15, 0.2) is 0 Å². The molecular weight excluding hydrogens is 288 g/mol. The number of nitrogens with one attached hydrogen (secondary N) is 1. The molecule has 0 aliphatic carbocycles. The van der Waals surface area contributed by atoms with Gasteiger partial charge in [-0.05, 0) is 24.3 Å². The minimum absolute atomic E-state index is 0.229. The van der Waals surface area contributed by atoms with E-state index in [0.29, 0.717) is 0 Å². The van der Waals surface area contributed by atoms with Crippen molar-refractivity contribution in [3.63, 3.8) is 0 Å². The topological polar surface area (TPSA) is 70.0 Å². The molecule has 2 aliphatic rings. The summed E-state index contributed by atoms with van der Waals surface area (Å²) in [6, 6.07) is 2.09. The standard InChI is InChI=1S/C11H14N2O2S3/c12-6-7-8-9(14)13-10(15)11(8,18-7)17-5-3-1-2-4-16/h7-8,16H,1-5H2,(H,13,14,15)/t7-,8-,11-/m0/s1. The monoisotopic (exact) mass is 302 g/mol. The first-order valence-corrected chi connectivity index (χ1v) is 8.33. The van der Waals surface area contributed by atoms with E-state index in [1.165, 1.54) is 23.5 Å². The lowest BCUT2D eigenvalue weighted by Gasteiger charge is -2.42. The molecule has 98 valence electrons. The van der Waals surface area contributed by atoms with Crippen molar-refractivity contribution in [1.82, 2.24) is 5.32 Å². The number of nitrogens with zero attached hydrogens (tertiary/aromatic N) is 1. The lowest BCUT2D eigenvalue weighted by Crippen LogP contribution is -2.51. The summed E-state index contributed by atoms with van der Waals surface area (Å²) in [6.45, 7) is 0. The number of nitriles is 1. The third-order valence-corrected chi connectivity index (χ3v) is 6.84. The number of carbonyl (C=O) groups excluding carboxylic acids is 2. The summed E-state index contributed by atoms with van der Waals surface area (Å²) in [6.07, 6.45) is 3.16. The van der Waals surface area contributed by atoms with Crippen molar-refractivity contribution < 1.29 is 9.59 Å². The van der Waals surface area contributed by atoms with E-state index in [-0.39, 0.29) is 17.1 Å². The highest BCUT2D eigenvalue weighted by atomic mass is 32.2. The maximum atomic E-state index is 11.9. The predicted molar refractivity (Wildman–Crippen MR) is 76.5 cm³/mol. The molecule has 18 heavy (non-hydrogen) atoms. The highest BCUT2D eigenvalue weighted by molar-refractivity contribution is 8.21. The van der Waals surface area contributed by atoms with Crippen molar-refractivity contribution in [2.24, 2.45) is 5.92 Å². The molecule has 0 saturated carbocycles. The van der Waals surface area contributed by atoms with Crippen LogP contribution in [0.5, 0.6) is 0 Å². The molecular formula is C11H14N2O2S3. The SMILES string of the molecule is N#C[C@@H]1S[C@]2(SCCCCCS)C(=O)NC(=O)[C@H]12. The van der Waals surface area contributed by atoms with Gasteiger partial charge in [0, 0.05) is 0 Å². The van der Waals surface area contributed by atoms with E-state index >= 15 is 0 Å². The van der Waals surface area contributed by atoms with Crippen LogP contribution in [-0.2, 0) is 9.59 Å². The summed E-state index contributed by atoms with van der Waals surface area (Å²) in [5.41, 5.74) is 0. The van der Waals surface area contributed by atoms with E-state index in [2.05, 4.69) is 24.0 Å². The minimum atomic E-state index is -0.724. The Hall–Kier alpha value is -0.320. The Bertz CT molecular complexity index is 410. The third-order valence-electron chi connectivity index (χ3n) is 3.10. The van der Waals surface area contributed by atoms with Gasteiger partial charge in [-0.2, -0.15) is 17.9 Å². The van der Waals surface area contributed by atoms with E-state index in [9.17, 15) is 9.59 Å². The Morgan fingerprint density at radius 1 is 1.44 bits per heavy atom. The van der Waals surface area contributed by atoms with Gasteiger partial charge in [-0.1, -0.05) is 6.42 Å². The van der Waals surface area contributed by atoms with Gasteiger partial charge in [0.15, 0.2) is 4.08 Å². The zero-order valence-electron chi connectivity index (χ0n) is 9.72. The van der Waals surface area contributed by atoms with Crippen LogP contribution >= 0.6 is 36.2 Å². The number of hydrogen-bond donors (Lipinski definition) is 2. The fourth-order valence-electron chi connectivity index (χ4n) is 2.14. The molecule has 0 aromatic heterocycles. The fourth-order valence-corrected chi connectivity index (χ4v) is 5.76. The second-order valence-corrected chi connectivity index (χ2v) is 7.70. The van der Waals surface area contributed by atoms with Crippen molar-refractivity contribution >= 4 is 48.0 Å². The molecule has 2 heterocycles. The van der Waals surface area contributed by atoms with Crippen LogP contribution in [0, 0.1) is 17.2 Å². The van der Waals surface area contributed by atoms with Gasteiger partial charge in [0.25, 0.3) is 5.91 Å². The number of amides is 2. The number of carbonyl (C=O) groups is 2. The smallest absolute Gasteiger partial charge is 0.253 e. The summed E-state index contributed by atoms with van der Waals surface area (Å²) < 4.78 is -0.724. The normalized spacial score (nSPS) is 33.6. The Morgan fingerprint density at radius 2 is 2.22 bits per heavy atom. The van der Waals surface area contributed by atoms with Crippen molar-refractivity contribution in [3.8, 4) is 6.07 Å². The van der Waals surface area contributed by atoms with Crippen molar-refractivity contribution in [1.29, 1.82) is 5.26 Å². The van der Waals surface area contributed by atoms with Gasteiger partial charge in [0.1, 0.15) is 5.25 Å². The lowest BCUT2D eigenvalue weighted by molar-refractivity contribution is -0.125. The second-order valence-electron chi connectivity index (χ2n) is 4.26. The quantitative estimate of drug-likeness (QED) is 0.441. The van der Waals surface area contributed by atoms with Crippen LogP contribution in [0.25, 0.3) is 0 Å². The van der Waals surface area contributed by atoms with E-state index in [1.807, 2.05) is 0 Å². The van der Waals surface area contributed by atoms with Crippen molar-refractivity contribution in [2.45, 2.75) is 28.6 Å². The number of fused-ring (bicyclic) bond motifs is 1. The maximum Gasteiger partial charge on any atom is 0.253 e. The van der Waals surface area contributed by atoms with Crippen LogP contribution in [0.2, 0.25) is 0 Å². The van der Waals surface area contributed by atoms with Crippen LogP contribution in [0.3, 0.4) is 0 Å². The zero-order valence-corrected chi connectivity index (χ0v) is 12.2. The Balaban J connectivity index is 1.91. The highest BCUT2D eigenvalue weighted by Crippen LogP contribution is 2.61. The van der Waals surface area contributed by atoms with Gasteiger partial charge >= 0.3 is 0 Å². The van der Waals surface area contributed by atoms with Crippen molar-refractivity contribution in [2.75, 3.05) is 11.5 Å². The van der Waals surface area contributed by atoms with Crippen LogP contribution in [0.4, 0.5) is 0 Å². The van der Waals surface area contributed by atoms with E-state index < -0.39 is 10.00 Å². The fraction of sp³-hybridized carbons (Fsp3) is 0.727. The second kappa shape index (κ2) is 5.76. The van der Waals surface area contributed by atoms with Gasteiger partial charge in [0.05, 0.1) is 12.0 Å². The number of imide groups is 1. The molecule has 3 atom stereocenters. The first-order valence-electron chi connectivity index (χ1n) is 5.83. The predicted octanol–water partition coefficient (Wildman–Crippen LogP) is 1.43. The van der Waals surface area contributed by atoms with Gasteiger partial charge in [0.2, 0.25) is 5.91 Å². The molecule has 0 bridgehead atoms. The molecule has 0 aromatic carbocycles.